The Morgan fingerprint density at radius 1 is 1.12 bits per heavy atom. The molecule has 0 saturated heterocycles. The molecule has 0 atom stereocenters. The summed E-state index contributed by atoms with van der Waals surface area (Å²) >= 11 is 5.97. The quantitative estimate of drug-likeness (QED) is 0.402. The molecule has 3 N–H and O–H groups in total. The summed E-state index contributed by atoms with van der Waals surface area (Å²) in [7, 11) is -3.90. The van der Waals surface area contributed by atoms with Gasteiger partial charge >= 0.3 is 0 Å². The molecule has 26 heavy (non-hydrogen) atoms. The molecule has 0 bridgehead atoms. The minimum Gasteiger partial charge on any atom is -0.512 e. The number of aliphatic hydroxyl groups is 1. The van der Waals surface area contributed by atoms with E-state index in [9.17, 15) is 23.4 Å². The number of carbonyl (C=O) groups excluding carboxylic acids is 1. The van der Waals surface area contributed by atoms with Crippen molar-refractivity contribution in [1.82, 2.24) is 0 Å². The molecule has 2 aromatic carbocycles. The molecule has 0 radical (unpaired) electrons. The fourth-order valence-electron chi connectivity index (χ4n) is 2.42. The van der Waals surface area contributed by atoms with Gasteiger partial charge in [-0.1, -0.05) is 29.3 Å². The van der Waals surface area contributed by atoms with E-state index in [1.165, 1.54) is 38.1 Å². The van der Waals surface area contributed by atoms with E-state index in [1.54, 1.807) is 12.1 Å². The smallest absolute Gasteiger partial charge is 0.261 e. The average molecular weight is 396 g/mol. The molecule has 0 spiro atoms. The molecular weight excluding hydrogens is 378 g/mol. The maximum Gasteiger partial charge on any atom is 0.261 e. The molecule has 0 aliphatic heterocycles. The number of Topliss-reactive ketones (excluding diaryl/α,β-unsaturated/α-hetero) is 1. The predicted molar refractivity (Wildman–Crippen MR) is 101 cm³/mol. The number of rotatable bonds is 5. The lowest BCUT2D eigenvalue weighted by Gasteiger charge is -2.14. The number of benzene rings is 2. The van der Waals surface area contributed by atoms with Crippen molar-refractivity contribution < 1.29 is 23.4 Å². The number of halogens is 1. The van der Waals surface area contributed by atoms with Crippen LogP contribution in [0.5, 0.6) is 5.75 Å². The van der Waals surface area contributed by atoms with Gasteiger partial charge in [-0.15, -0.1) is 0 Å². The van der Waals surface area contributed by atoms with Crippen LogP contribution in [0.1, 0.15) is 25.0 Å². The van der Waals surface area contributed by atoms with Gasteiger partial charge in [-0.25, -0.2) is 8.42 Å². The van der Waals surface area contributed by atoms with Gasteiger partial charge in [0.05, 0.1) is 21.2 Å². The number of aromatic hydroxyl groups is 1. The van der Waals surface area contributed by atoms with Crippen molar-refractivity contribution in [1.29, 1.82) is 0 Å². The van der Waals surface area contributed by atoms with E-state index in [-0.39, 0.29) is 32.5 Å². The molecule has 0 aliphatic carbocycles. The molecule has 0 fully saturated rings. The van der Waals surface area contributed by atoms with Gasteiger partial charge in [-0.2, -0.15) is 0 Å². The van der Waals surface area contributed by atoms with Gasteiger partial charge < -0.3 is 10.2 Å². The van der Waals surface area contributed by atoms with E-state index in [0.717, 1.165) is 5.56 Å². The molecule has 6 nitrogen and oxygen atoms in total. The molecule has 0 heterocycles. The van der Waals surface area contributed by atoms with Gasteiger partial charge in [0.2, 0.25) is 0 Å². The van der Waals surface area contributed by atoms with E-state index in [2.05, 4.69) is 4.72 Å². The molecular formula is C18H18ClNO5S. The second-order valence-electron chi connectivity index (χ2n) is 5.79. The highest BCUT2D eigenvalue weighted by Gasteiger charge is 2.21. The van der Waals surface area contributed by atoms with Crippen molar-refractivity contribution in [2.24, 2.45) is 0 Å². The van der Waals surface area contributed by atoms with E-state index >= 15 is 0 Å². The number of aryl methyl sites for hydroxylation is 1. The lowest BCUT2D eigenvalue weighted by molar-refractivity contribution is -0.111. The molecule has 8 heteroatoms. The minimum absolute atomic E-state index is 0.0448. The first-order valence-electron chi connectivity index (χ1n) is 7.56. The fraction of sp³-hybridized carbons (Fsp3) is 0.167. The summed E-state index contributed by atoms with van der Waals surface area (Å²) in [6, 6.07) is 8.70. The molecule has 0 aromatic heterocycles. The second-order valence-corrected chi connectivity index (χ2v) is 7.88. The Kier molecular flexibility index (Phi) is 5.63. The van der Waals surface area contributed by atoms with E-state index in [0.29, 0.717) is 0 Å². The Morgan fingerprint density at radius 2 is 1.69 bits per heavy atom. The standard InChI is InChI=1S/C18H18ClNO5S/c1-10-4-6-14(7-5-10)26(24,25)20-13-8-15(18(23)16(19)9-13)17(11(2)21)12(3)22/h4-9,20-21,23H,1-3H3. The Labute approximate surface area is 156 Å². The third kappa shape index (κ3) is 4.17. The van der Waals surface area contributed by atoms with Gasteiger partial charge in [0.1, 0.15) is 11.5 Å². The van der Waals surface area contributed by atoms with Crippen LogP contribution in [0, 0.1) is 6.92 Å². The molecule has 2 aromatic rings. The first-order valence-corrected chi connectivity index (χ1v) is 9.42. The number of carbonyl (C=O) groups is 1. The first-order chi connectivity index (χ1) is 12.0. The summed E-state index contributed by atoms with van der Waals surface area (Å²) < 4.78 is 27.4. The lowest BCUT2D eigenvalue weighted by Crippen LogP contribution is -2.13. The number of hydrogen-bond acceptors (Lipinski definition) is 5. The Balaban J connectivity index is 2.54. The Morgan fingerprint density at radius 3 is 2.19 bits per heavy atom. The van der Waals surface area contributed by atoms with Crippen LogP contribution < -0.4 is 4.72 Å². The van der Waals surface area contributed by atoms with E-state index < -0.39 is 21.6 Å². The molecule has 138 valence electrons. The largest absolute Gasteiger partial charge is 0.512 e. The van der Waals surface area contributed by atoms with Crippen LogP contribution in [-0.2, 0) is 14.8 Å². The van der Waals surface area contributed by atoms with Gasteiger partial charge in [-0.05, 0) is 45.0 Å². The molecule has 2 rings (SSSR count). The van der Waals surface area contributed by atoms with Crippen LogP contribution in [0.2, 0.25) is 5.02 Å². The number of hydrogen-bond donors (Lipinski definition) is 3. The maximum atomic E-state index is 12.5. The van der Waals surface area contributed by atoms with Crippen molar-refractivity contribution in [3.05, 3.63) is 58.3 Å². The van der Waals surface area contributed by atoms with Crippen LogP contribution in [0.3, 0.4) is 0 Å². The van der Waals surface area contributed by atoms with Gasteiger partial charge in [-0.3, -0.25) is 9.52 Å². The van der Waals surface area contributed by atoms with Crippen molar-refractivity contribution >= 4 is 38.7 Å². The van der Waals surface area contributed by atoms with Crippen molar-refractivity contribution in [3.8, 4) is 5.75 Å². The minimum atomic E-state index is -3.90. The summed E-state index contributed by atoms with van der Waals surface area (Å²) in [6.07, 6.45) is 0. The summed E-state index contributed by atoms with van der Waals surface area (Å²) in [5, 5.41) is 19.7. The SMILES string of the molecule is CC(=O)C(=C(C)O)c1cc(NS(=O)(=O)c2ccc(C)cc2)cc(Cl)c1O. The third-order valence-electron chi connectivity index (χ3n) is 3.63. The number of phenols is 1. The van der Waals surface area contributed by atoms with Crippen LogP contribution in [-0.4, -0.2) is 24.4 Å². The highest BCUT2D eigenvalue weighted by atomic mass is 35.5. The summed E-state index contributed by atoms with van der Waals surface area (Å²) in [5.74, 6) is -1.25. The van der Waals surface area contributed by atoms with Crippen LogP contribution in [0.15, 0.2) is 47.1 Å². The number of ketones is 1. The highest BCUT2D eigenvalue weighted by molar-refractivity contribution is 7.92. The highest BCUT2D eigenvalue weighted by Crippen LogP contribution is 2.37. The number of nitrogens with one attached hydrogen (secondary N) is 1. The Hall–Kier alpha value is -2.51. The monoisotopic (exact) mass is 395 g/mol. The normalized spacial score (nSPS) is 12.5. The molecule has 0 unspecified atom stereocenters. The van der Waals surface area contributed by atoms with Crippen LogP contribution in [0.25, 0.3) is 5.57 Å². The molecule has 0 aliphatic rings. The number of allylic oxidation sites excluding steroid dienone is 2. The summed E-state index contributed by atoms with van der Waals surface area (Å²) in [6.45, 7) is 4.33. The zero-order valence-electron chi connectivity index (χ0n) is 14.4. The van der Waals surface area contributed by atoms with E-state index in [4.69, 9.17) is 11.6 Å². The van der Waals surface area contributed by atoms with Crippen LogP contribution in [0.4, 0.5) is 5.69 Å². The third-order valence-corrected chi connectivity index (χ3v) is 5.32. The van der Waals surface area contributed by atoms with Crippen LogP contribution >= 0.6 is 11.6 Å². The number of sulfonamides is 1. The maximum absolute atomic E-state index is 12.5. The summed E-state index contributed by atoms with van der Waals surface area (Å²) in [5.41, 5.74) is 0.740. The molecule has 0 saturated carbocycles. The average Bonchev–Trinajstić information content (AvgIpc) is 2.51. The number of phenolic OH excluding ortho intramolecular Hbond substituents is 1. The van der Waals surface area contributed by atoms with Gasteiger partial charge in [0.25, 0.3) is 10.0 Å². The van der Waals surface area contributed by atoms with Gasteiger partial charge in [0, 0.05) is 5.56 Å². The second kappa shape index (κ2) is 7.39. The summed E-state index contributed by atoms with van der Waals surface area (Å²) in [4.78, 5) is 11.8. The van der Waals surface area contributed by atoms with Crippen molar-refractivity contribution in [3.63, 3.8) is 0 Å². The van der Waals surface area contributed by atoms with Crippen molar-refractivity contribution in [2.45, 2.75) is 25.7 Å². The fourth-order valence-corrected chi connectivity index (χ4v) is 3.68. The number of anilines is 1. The zero-order valence-corrected chi connectivity index (χ0v) is 15.9. The lowest BCUT2D eigenvalue weighted by atomic mass is 10.00. The zero-order chi connectivity index (χ0) is 19.6. The van der Waals surface area contributed by atoms with Crippen molar-refractivity contribution in [2.75, 3.05) is 4.72 Å². The van der Waals surface area contributed by atoms with E-state index in [1.807, 2.05) is 6.92 Å². The predicted octanol–water partition coefficient (Wildman–Crippen LogP) is 4.03. The molecule has 0 amide bonds. The number of aliphatic hydroxyl groups excluding tert-OH is 1. The Bertz CT molecular complexity index is 991. The first kappa shape index (κ1) is 19.8. The van der Waals surface area contributed by atoms with Gasteiger partial charge in [0.15, 0.2) is 5.78 Å². The topological polar surface area (TPSA) is 104 Å².